The first-order valence-electron chi connectivity index (χ1n) is 7.26. The van der Waals surface area contributed by atoms with E-state index in [1.807, 2.05) is 54.6 Å². The Morgan fingerprint density at radius 3 is 2.22 bits per heavy atom. The molecule has 0 amide bonds. The third kappa shape index (κ3) is 2.21. The molecule has 4 heteroatoms. The first-order valence-corrected chi connectivity index (χ1v) is 7.26. The molecule has 0 fully saturated rings. The molecule has 23 heavy (non-hydrogen) atoms. The zero-order valence-electron chi connectivity index (χ0n) is 12.1. The summed E-state index contributed by atoms with van der Waals surface area (Å²) in [5, 5.41) is 14.1. The molecule has 0 radical (unpaired) electrons. The smallest absolute Gasteiger partial charge is 0.258 e. The number of aromatic nitrogens is 1. The minimum absolute atomic E-state index is 0.0549. The summed E-state index contributed by atoms with van der Waals surface area (Å²) in [4.78, 5) is 15.4. The van der Waals surface area contributed by atoms with Gasteiger partial charge in [-0.15, -0.1) is 0 Å². The summed E-state index contributed by atoms with van der Waals surface area (Å²) in [6.45, 7) is 0. The zero-order valence-corrected chi connectivity index (χ0v) is 12.1. The molecule has 110 valence electrons. The van der Waals surface area contributed by atoms with Crippen molar-refractivity contribution in [2.45, 2.75) is 0 Å². The van der Waals surface area contributed by atoms with Gasteiger partial charge in [0.1, 0.15) is 0 Å². The maximum absolute atomic E-state index is 11.0. The van der Waals surface area contributed by atoms with E-state index in [9.17, 15) is 10.1 Å². The minimum Gasteiger partial charge on any atom is -0.258 e. The van der Waals surface area contributed by atoms with E-state index >= 15 is 0 Å². The number of nitrogens with zero attached hydrogens (tertiary/aromatic N) is 2. The predicted molar refractivity (Wildman–Crippen MR) is 91.3 cm³/mol. The van der Waals surface area contributed by atoms with Crippen LogP contribution >= 0.6 is 0 Å². The number of fused-ring (bicyclic) bond motifs is 3. The van der Waals surface area contributed by atoms with Gasteiger partial charge in [0.25, 0.3) is 5.69 Å². The number of non-ortho nitro benzene ring substituents is 1. The molecular weight excluding hydrogens is 288 g/mol. The highest BCUT2D eigenvalue weighted by Gasteiger charge is 2.13. The van der Waals surface area contributed by atoms with E-state index in [1.54, 1.807) is 6.07 Å². The lowest BCUT2D eigenvalue weighted by Gasteiger charge is -2.09. The molecule has 3 aromatic carbocycles. The van der Waals surface area contributed by atoms with Gasteiger partial charge in [-0.1, -0.05) is 54.6 Å². The quantitative estimate of drug-likeness (QED) is 0.298. The number of nitro groups is 1. The van der Waals surface area contributed by atoms with E-state index < -0.39 is 4.92 Å². The van der Waals surface area contributed by atoms with Gasteiger partial charge in [0, 0.05) is 28.5 Å². The van der Waals surface area contributed by atoms with Crippen LogP contribution in [0.1, 0.15) is 0 Å². The summed E-state index contributed by atoms with van der Waals surface area (Å²) in [5.74, 6) is 0. The molecule has 4 rings (SSSR count). The highest BCUT2D eigenvalue weighted by Crippen LogP contribution is 2.33. The highest BCUT2D eigenvalue weighted by atomic mass is 16.6. The fourth-order valence-electron chi connectivity index (χ4n) is 2.88. The number of hydrogen-bond donors (Lipinski definition) is 0. The van der Waals surface area contributed by atoms with Gasteiger partial charge in [0.05, 0.1) is 16.1 Å². The van der Waals surface area contributed by atoms with Crippen molar-refractivity contribution in [1.29, 1.82) is 0 Å². The van der Waals surface area contributed by atoms with Crippen LogP contribution in [0.3, 0.4) is 0 Å². The van der Waals surface area contributed by atoms with Crippen molar-refractivity contribution in [2.75, 3.05) is 0 Å². The van der Waals surface area contributed by atoms with E-state index in [-0.39, 0.29) is 5.69 Å². The first-order chi connectivity index (χ1) is 11.2. The van der Waals surface area contributed by atoms with Gasteiger partial charge in [-0.25, -0.2) is 4.98 Å². The highest BCUT2D eigenvalue weighted by molar-refractivity contribution is 6.11. The Hall–Kier alpha value is -3.27. The number of benzene rings is 3. The summed E-state index contributed by atoms with van der Waals surface area (Å²) in [6.07, 6.45) is 0. The normalized spacial score (nSPS) is 11.0. The van der Waals surface area contributed by atoms with Gasteiger partial charge in [-0.2, -0.15) is 0 Å². The molecule has 0 N–H and O–H groups in total. The van der Waals surface area contributed by atoms with Crippen LogP contribution in [0.2, 0.25) is 0 Å². The van der Waals surface area contributed by atoms with E-state index in [2.05, 4.69) is 0 Å². The third-order valence-electron chi connectivity index (χ3n) is 3.94. The maximum atomic E-state index is 11.0. The summed E-state index contributed by atoms with van der Waals surface area (Å²) in [6, 6.07) is 22.7. The van der Waals surface area contributed by atoms with Gasteiger partial charge in [0.2, 0.25) is 0 Å². The fraction of sp³-hybridized carbons (Fsp3) is 0. The number of rotatable bonds is 2. The lowest BCUT2D eigenvalue weighted by molar-refractivity contribution is -0.384. The largest absolute Gasteiger partial charge is 0.271 e. The molecule has 0 saturated heterocycles. The van der Waals surface area contributed by atoms with Crippen LogP contribution in [0.5, 0.6) is 0 Å². The molecule has 0 saturated carbocycles. The number of hydrogen-bond acceptors (Lipinski definition) is 3. The van der Waals surface area contributed by atoms with Gasteiger partial charge in [-0.05, 0) is 11.5 Å². The maximum Gasteiger partial charge on any atom is 0.271 e. The van der Waals surface area contributed by atoms with Crippen LogP contribution < -0.4 is 0 Å². The topological polar surface area (TPSA) is 56.0 Å². The van der Waals surface area contributed by atoms with Crippen molar-refractivity contribution >= 4 is 27.4 Å². The van der Waals surface area contributed by atoms with Crippen LogP contribution in [0.4, 0.5) is 5.69 Å². The average Bonchev–Trinajstić information content (AvgIpc) is 2.61. The van der Waals surface area contributed by atoms with Crippen LogP contribution in [0.25, 0.3) is 32.9 Å². The molecule has 0 aliphatic rings. The summed E-state index contributed by atoms with van der Waals surface area (Å²) in [7, 11) is 0. The van der Waals surface area contributed by atoms with Crippen molar-refractivity contribution in [3.63, 3.8) is 0 Å². The van der Waals surface area contributed by atoms with Gasteiger partial charge < -0.3 is 0 Å². The molecule has 0 aliphatic carbocycles. The molecule has 0 aliphatic heterocycles. The fourth-order valence-corrected chi connectivity index (χ4v) is 2.88. The zero-order chi connectivity index (χ0) is 15.8. The van der Waals surface area contributed by atoms with E-state index in [1.165, 1.54) is 12.1 Å². The molecular formula is C19H12N2O2. The van der Waals surface area contributed by atoms with Gasteiger partial charge in [-0.3, -0.25) is 10.1 Å². The molecule has 4 aromatic rings. The van der Waals surface area contributed by atoms with Crippen LogP contribution in [0.15, 0.2) is 72.8 Å². The Balaban J connectivity index is 2.13. The summed E-state index contributed by atoms with van der Waals surface area (Å²) >= 11 is 0. The van der Waals surface area contributed by atoms with Gasteiger partial charge in [0.15, 0.2) is 0 Å². The molecule has 0 bridgehead atoms. The van der Waals surface area contributed by atoms with E-state index in [4.69, 9.17) is 4.98 Å². The lowest BCUT2D eigenvalue weighted by atomic mass is 10.00. The minimum atomic E-state index is -0.390. The third-order valence-corrected chi connectivity index (χ3v) is 3.94. The molecule has 4 nitrogen and oxygen atoms in total. The Kier molecular flexibility index (Phi) is 3.01. The monoisotopic (exact) mass is 300 g/mol. The van der Waals surface area contributed by atoms with Crippen molar-refractivity contribution < 1.29 is 4.92 Å². The summed E-state index contributed by atoms with van der Waals surface area (Å²) < 4.78 is 0. The van der Waals surface area contributed by atoms with Crippen LogP contribution in [-0.2, 0) is 0 Å². The lowest BCUT2D eigenvalue weighted by Crippen LogP contribution is -1.92. The van der Waals surface area contributed by atoms with Gasteiger partial charge >= 0.3 is 0 Å². The second kappa shape index (κ2) is 5.18. The Morgan fingerprint density at radius 2 is 1.48 bits per heavy atom. The van der Waals surface area contributed by atoms with Crippen LogP contribution in [0, 0.1) is 10.1 Å². The average molecular weight is 300 g/mol. The molecule has 0 spiro atoms. The number of pyridine rings is 1. The van der Waals surface area contributed by atoms with Crippen LogP contribution in [-0.4, -0.2) is 9.91 Å². The second-order valence-electron chi connectivity index (χ2n) is 5.33. The second-order valence-corrected chi connectivity index (χ2v) is 5.33. The summed E-state index contributed by atoms with van der Waals surface area (Å²) in [5.41, 5.74) is 2.53. The van der Waals surface area contributed by atoms with E-state index in [0.29, 0.717) is 5.52 Å². The first kappa shape index (κ1) is 13.4. The molecule has 1 heterocycles. The van der Waals surface area contributed by atoms with Crippen molar-refractivity contribution in [1.82, 2.24) is 4.98 Å². The van der Waals surface area contributed by atoms with Crippen molar-refractivity contribution in [2.24, 2.45) is 0 Å². The van der Waals surface area contributed by atoms with Crippen molar-refractivity contribution in [3.8, 4) is 11.3 Å². The number of nitro benzene ring substituents is 1. The Bertz CT molecular complexity index is 1040. The predicted octanol–water partition coefficient (Wildman–Crippen LogP) is 4.96. The molecule has 1 aromatic heterocycles. The SMILES string of the molecule is O=[N+]([O-])c1ccc2c(c1)nc(-c1ccccc1)c1ccccc12. The Morgan fingerprint density at radius 1 is 0.783 bits per heavy atom. The molecule has 0 unspecified atom stereocenters. The standard InChI is InChI=1S/C19H12N2O2/c22-21(23)14-10-11-16-15-8-4-5-9-17(15)19(20-18(16)12-14)13-6-2-1-3-7-13/h1-12H. The van der Waals surface area contributed by atoms with Crippen molar-refractivity contribution in [3.05, 3.63) is 82.9 Å². The Labute approximate surface area is 132 Å². The molecule has 0 atom stereocenters. The van der Waals surface area contributed by atoms with E-state index in [0.717, 1.165) is 27.4 Å².